The van der Waals surface area contributed by atoms with E-state index in [0.717, 1.165) is 42.8 Å². The van der Waals surface area contributed by atoms with Crippen LogP contribution in [0.15, 0.2) is 84.4 Å². The Hall–Kier alpha value is -4.00. The summed E-state index contributed by atoms with van der Waals surface area (Å²) in [5.74, 6) is -0.366. The number of methoxy groups -OCH3 is 1. The van der Waals surface area contributed by atoms with Crippen molar-refractivity contribution in [3.63, 3.8) is 0 Å². The maximum atomic E-state index is 11.8. The summed E-state index contributed by atoms with van der Waals surface area (Å²) in [7, 11) is 1.37. The van der Waals surface area contributed by atoms with Crippen molar-refractivity contribution in [3.05, 3.63) is 112 Å². The van der Waals surface area contributed by atoms with Gasteiger partial charge in [0, 0.05) is 13.0 Å². The number of aryl methyl sites for hydroxylation is 2. The van der Waals surface area contributed by atoms with Crippen LogP contribution in [0, 0.1) is 13.8 Å². The molecule has 5 aromatic rings. The van der Waals surface area contributed by atoms with E-state index < -0.39 is 6.10 Å². The van der Waals surface area contributed by atoms with Gasteiger partial charge in [-0.05, 0) is 76.7 Å². The van der Waals surface area contributed by atoms with E-state index in [-0.39, 0.29) is 5.97 Å². The molecule has 0 saturated heterocycles. The largest absolute Gasteiger partial charge is 0.465 e. The summed E-state index contributed by atoms with van der Waals surface area (Å²) in [4.78, 5) is 16.6. The lowest BCUT2D eigenvalue weighted by atomic mass is 9.95. The first kappa shape index (κ1) is 25.6. The molecule has 1 atom stereocenters. The molecule has 2 N–H and O–H groups in total. The molecule has 5 rings (SSSR count). The Labute approximate surface area is 226 Å². The first-order valence-corrected chi connectivity index (χ1v) is 13.4. The van der Waals surface area contributed by atoms with Crippen molar-refractivity contribution >= 4 is 49.5 Å². The zero-order chi connectivity index (χ0) is 26.6. The number of rotatable bonds is 8. The monoisotopic (exact) mass is 522 g/mol. The molecule has 1 aromatic heterocycles. The minimum Gasteiger partial charge on any atom is -0.465 e. The van der Waals surface area contributed by atoms with E-state index in [9.17, 15) is 9.90 Å². The molecule has 4 aromatic carbocycles. The van der Waals surface area contributed by atoms with Gasteiger partial charge in [-0.25, -0.2) is 9.78 Å². The number of benzene rings is 4. The number of nitrogens with zero attached hydrogens (tertiary/aromatic N) is 1. The van der Waals surface area contributed by atoms with Crippen LogP contribution in [0.5, 0.6) is 0 Å². The fourth-order valence-corrected chi connectivity index (χ4v) is 5.54. The van der Waals surface area contributed by atoms with Crippen LogP contribution in [0.2, 0.25) is 0 Å². The van der Waals surface area contributed by atoms with E-state index >= 15 is 0 Å². The second-order valence-electron chi connectivity index (χ2n) is 9.48. The lowest BCUT2D eigenvalue weighted by Crippen LogP contribution is -2.09. The van der Waals surface area contributed by atoms with Crippen LogP contribution < -0.4 is 5.32 Å². The van der Waals surface area contributed by atoms with Crippen molar-refractivity contribution in [2.45, 2.75) is 26.4 Å². The van der Waals surface area contributed by atoms with E-state index in [0.29, 0.717) is 18.5 Å². The van der Waals surface area contributed by atoms with Crippen LogP contribution >= 0.6 is 11.3 Å². The first-order chi connectivity index (χ1) is 18.4. The molecular formula is C32H30N2O3S. The summed E-state index contributed by atoms with van der Waals surface area (Å²) in [5, 5.41) is 17.8. The number of carbonyl (C=O) groups excluding carboxylic acids is 1. The molecular weight excluding hydrogens is 492 g/mol. The molecule has 0 spiro atoms. The first-order valence-electron chi connectivity index (χ1n) is 12.6. The lowest BCUT2D eigenvalue weighted by Gasteiger charge is -2.17. The number of nitrogens with one attached hydrogen (secondary N) is 1. The van der Waals surface area contributed by atoms with Crippen molar-refractivity contribution < 1.29 is 14.6 Å². The van der Waals surface area contributed by atoms with Crippen molar-refractivity contribution in [3.8, 4) is 0 Å². The van der Waals surface area contributed by atoms with E-state index in [1.165, 1.54) is 18.2 Å². The van der Waals surface area contributed by atoms with Gasteiger partial charge in [0.25, 0.3) is 0 Å². The highest BCUT2D eigenvalue weighted by atomic mass is 32.1. The van der Waals surface area contributed by atoms with Crippen LogP contribution in [0.25, 0.3) is 27.1 Å². The highest BCUT2D eigenvalue weighted by Gasteiger charge is 2.15. The molecule has 38 heavy (non-hydrogen) atoms. The predicted octanol–water partition coefficient (Wildman–Crippen LogP) is 7.47. The minimum absolute atomic E-state index is 0.366. The number of thiazole rings is 1. The maximum absolute atomic E-state index is 11.8. The average molecular weight is 523 g/mol. The van der Waals surface area contributed by atoms with Crippen LogP contribution in [0.4, 0.5) is 5.13 Å². The quantitative estimate of drug-likeness (QED) is 0.207. The summed E-state index contributed by atoms with van der Waals surface area (Å²) >= 11 is 1.63. The van der Waals surface area contributed by atoms with Gasteiger partial charge in [-0.1, -0.05) is 72.0 Å². The number of fused-ring (bicyclic) bond motifs is 2. The van der Waals surface area contributed by atoms with Crippen LogP contribution in [-0.4, -0.2) is 29.7 Å². The van der Waals surface area contributed by atoms with Crippen molar-refractivity contribution in [2.24, 2.45) is 0 Å². The third-order valence-corrected chi connectivity index (χ3v) is 7.79. The van der Waals surface area contributed by atoms with Gasteiger partial charge < -0.3 is 15.2 Å². The standard InChI is InChI=1S/C32H30N2O3S/c1-20-15-28-30(16-21(20)2)38-32(34-28)33-19-23(17-22-11-13-25(14-12-22)31(36)37-3)18-29(35)27-10-6-8-24-7-4-5-9-26(24)27/h4-17,29,35H,18-19H2,1-3H3,(H,33,34). The van der Waals surface area contributed by atoms with Crippen LogP contribution in [-0.2, 0) is 4.74 Å². The van der Waals surface area contributed by atoms with Crippen molar-refractivity contribution in [1.29, 1.82) is 0 Å². The van der Waals surface area contributed by atoms with E-state index in [2.05, 4.69) is 49.5 Å². The molecule has 0 bridgehead atoms. The Kier molecular flexibility index (Phi) is 7.54. The number of aromatic nitrogens is 1. The van der Waals surface area contributed by atoms with Gasteiger partial charge in [-0.15, -0.1) is 0 Å². The topological polar surface area (TPSA) is 71.5 Å². The predicted molar refractivity (Wildman–Crippen MR) is 157 cm³/mol. The number of ether oxygens (including phenoxy) is 1. The summed E-state index contributed by atoms with van der Waals surface area (Å²) in [6, 6.07) is 25.7. The number of esters is 1. The minimum atomic E-state index is -0.677. The van der Waals surface area contributed by atoms with Gasteiger partial charge in [0.15, 0.2) is 5.13 Å². The molecule has 0 saturated carbocycles. The Bertz CT molecular complexity index is 1590. The summed E-state index contributed by atoms with van der Waals surface area (Å²) in [6.07, 6.45) is 1.83. The molecule has 0 aliphatic rings. The fraction of sp³-hybridized carbons (Fsp3) is 0.188. The fourth-order valence-electron chi connectivity index (χ4n) is 4.60. The molecule has 0 radical (unpaired) electrons. The number of carbonyl (C=O) groups is 1. The third kappa shape index (κ3) is 5.62. The van der Waals surface area contributed by atoms with Gasteiger partial charge >= 0.3 is 5.97 Å². The second-order valence-corrected chi connectivity index (χ2v) is 10.5. The molecule has 1 heterocycles. The lowest BCUT2D eigenvalue weighted by molar-refractivity contribution is 0.0600. The van der Waals surface area contributed by atoms with Crippen LogP contribution in [0.3, 0.4) is 0 Å². The summed E-state index contributed by atoms with van der Waals surface area (Å²) in [6.45, 7) is 4.74. The van der Waals surface area contributed by atoms with Crippen LogP contribution in [0.1, 0.15) is 45.1 Å². The molecule has 1 unspecified atom stereocenters. The van der Waals surface area contributed by atoms with E-state index in [1.807, 2.05) is 42.5 Å². The maximum Gasteiger partial charge on any atom is 0.337 e. The summed E-state index contributed by atoms with van der Waals surface area (Å²) < 4.78 is 5.97. The zero-order valence-electron chi connectivity index (χ0n) is 21.7. The number of anilines is 1. The number of hydrogen-bond acceptors (Lipinski definition) is 6. The smallest absolute Gasteiger partial charge is 0.337 e. The second kappa shape index (κ2) is 11.2. The van der Waals surface area contributed by atoms with Crippen molar-refractivity contribution in [2.75, 3.05) is 19.0 Å². The van der Waals surface area contributed by atoms with Gasteiger partial charge in [0.1, 0.15) is 0 Å². The highest BCUT2D eigenvalue weighted by Crippen LogP contribution is 2.31. The Morgan fingerprint density at radius 3 is 2.55 bits per heavy atom. The Morgan fingerprint density at radius 2 is 1.76 bits per heavy atom. The average Bonchev–Trinajstić information content (AvgIpc) is 3.32. The Morgan fingerprint density at radius 1 is 1.03 bits per heavy atom. The number of aliphatic hydroxyl groups excluding tert-OH is 1. The zero-order valence-corrected chi connectivity index (χ0v) is 22.5. The molecule has 0 aliphatic carbocycles. The van der Waals surface area contributed by atoms with Gasteiger partial charge in [-0.2, -0.15) is 0 Å². The molecule has 192 valence electrons. The molecule has 5 nitrogen and oxygen atoms in total. The molecule has 0 fully saturated rings. The SMILES string of the molecule is COC(=O)c1ccc(C=C(CNc2nc3cc(C)c(C)cc3s2)CC(O)c2cccc3ccccc23)cc1. The van der Waals surface area contributed by atoms with Gasteiger partial charge in [0.2, 0.25) is 0 Å². The van der Waals surface area contributed by atoms with Gasteiger partial charge in [-0.3, -0.25) is 0 Å². The van der Waals surface area contributed by atoms with Gasteiger partial charge in [0.05, 0.1) is 29.0 Å². The number of hydrogen-bond donors (Lipinski definition) is 2. The Balaban J connectivity index is 1.43. The number of aliphatic hydroxyl groups is 1. The highest BCUT2D eigenvalue weighted by molar-refractivity contribution is 7.22. The van der Waals surface area contributed by atoms with E-state index in [1.54, 1.807) is 23.5 Å². The summed E-state index contributed by atoms with van der Waals surface area (Å²) in [5.41, 5.74) is 6.82. The molecule has 0 aliphatic heterocycles. The molecule has 6 heteroatoms. The molecule has 0 amide bonds. The normalized spacial score (nSPS) is 12.6. The van der Waals surface area contributed by atoms with E-state index in [4.69, 9.17) is 9.72 Å². The third-order valence-electron chi connectivity index (χ3n) is 6.81. The van der Waals surface area contributed by atoms with Crippen molar-refractivity contribution in [1.82, 2.24) is 4.98 Å².